The minimum Gasteiger partial charge on any atom is -0.478 e. The fourth-order valence-corrected chi connectivity index (χ4v) is 1.76. The van der Waals surface area contributed by atoms with Gasteiger partial charge in [0.1, 0.15) is 0 Å². The molecule has 0 unspecified atom stereocenters. The third kappa shape index (κ3) is 3.11. The number of anilines is 1. The van der Waals surface area contributed by atoms with Crippen molar-refractivity contribution in [1.29, 1.82) is 0 Å². The number of carbonyl (C=O) groups excluding carboxylic acids is 1. The third-order valence-corrected chi connectivity index (χ3v) is 2.79. The minimum atomic E-state index is -1.00. The van der Waals surface area contributed by atoms with E-state index in [1.54, 1.807) is 42.5 Å². The molecule has 0 atom stereocenters. The van der Waals surface area contributed by atoms with E-state index in [1.165, 1.54) is 18.2 Å². The lowest BCUT2D eigenvalue weighted by atomic mass is 10.1. The van der Waals surface area contributed by atoms with Gasteiger partial charge in [-0.3, -0.25) is 4.79 Å². The fraction of sp³-hybridized carbons (Fsp3) is 0. The molecule has 4 nitrogen and oxygen atoms in total. The second kappa shape index (κ2) is 5.84. The van der Waals surface area contributed by atoms with Gasteiger partial charge >= 0.3 is 5.97 Å². The van der Waals surface area contributed by atoms with E-state index < -0.39 is 5.97 Å². The van der Waals surface area contributed by atoms with Crippen molar-refractivity contribution in [2.24, 2.45) is 0 Å². The molecule has 3 N–H and O–H groups in total. The van der Waals surface area contributed by atoms with E-state index in [4.69, 9.17) is 10.8 Å². The van der Waals surface area contributed by atoms with Crippen molar-refractivity contribution in [2.75, 3.05) is 5.73 Å². The maximum Gasteiger partial charge on any atom is 0.335 e. The second-order valence-electron chi connectivity index (χ2n) is 4.22. The average Bonchev–Trinajstić information content (AvgIpc) is 2.45. The maximum atomic E-state index is 12.0. The number of carboxylic acids is 1. The number of hydrogen-bond donors (Lipinski definition) is 2. The zero-order chi connectivity index (χ0) is 14.5. The number of nitrogens with two attached hydrogens (primary N) is 1. The zero-order valence-electron chi connectivity index (χ0n) is 10.6. The number of aromatic carboxylic acids is 1. The highest BCUT2D eigenvalue weighted by molar-refractivity contribution is 6.10. The van der Waals surface area contributed by atoms with E-state index >= 15 is 0 Å². The molecule has 0 radical (unpaired) electrons. The molecule has 20 heavy (non-hydrogen) atoms. The second-order valence-corrected chi connectivity index (χ2v) is 4.22. The van der Waals surface area contributed by atoms with Gasteiger partial charge in [0.05, 0.1) is 5.56 Å². The average molecular weight is 267 g/mol. The third-order valence-electron chi connectivity index (χ3n) is 2.79. The van der Waals surface area contributed by atoms with Crippen LogP contribution in [-0.4, -0.2) is 16.9 Å². The number of rotatable bonds is 4. The van der Waals surface area contributed by atoms with Crippen molar-refractivity contribution < 1.29 is 14.7 Å². The smallest absolute Gasteiger partial charge is 0.335 e. The number of carboxylic acid groups (broad SMARTS) is 1. The molecule has 0 bridgehead atoms. The molecular weight excluding hydrogens is 254 g/mol. The molecular formula is C16H13NO3. The summed E-state index contributed by atoms with van der Waals surface area (Å²) in [5.41, 5.74) is 7.39. The number of hydrogen-bond acceptors (Lipinski definition) is 3. The monoisotopic (exact) mass is 267 g/mol. The van der Waals surface area contributed by atoms with E-state index in [1.807, 2.05) is 0 Å². The summed E-state index contributed by atoms with van der Waals surface area (Å²) in [5.74, 6) is -1.22. The largest absolute Gasteiger partial charge is 0.478 e. The first-order valence-electron chi connectivity index (χ1n) is 5.98. The standard InChI is InChI=1S/C16H13NO3/c17-14-7-2-1-6-13(14)15(18)9-8-11-4-3-5-12(10-11)16(19)20/h1-10H,17H2,(H,19,20). The van der Waals surface area contributed by atoms with Gasteiger partial charge in [-0.15, -0.1) is 0 Å². The molecule has 100 valence electrons. The number of carbonyl (C=O) groups is 2. The van der Waals surface area contributed by atoms with E-state index in [0.29, 0.717) is 16.8 Å². The first-order valence-corrected chi connectivity index (χ1v) is 5.98. The summed E-state index contributed by atoms with van der Waals surface area (Å²) in [5, 5.41) is 8.89. The predicted molar refractivity (Wildman–Crippen MR) is 77.6 cm³/mol. The van der Waals surface area contributed by atoms with Gasteiger partial charge in [0.2, 0.25) is 0 Å². The number of ketones is 1. The molecule has 4 heteroatoms. The molecule has 0 aliphatic heterocycles. The topological polar surface area (TPSA) is 80.4 Å². The Balaban J connectivity index is 2.21. The molecule has 0 saturated carbocycles. The summed E-state index contributed by atoms with van der Waals surface area (Å²) in [6.07, 6.45) is 2.95. The van der Waals surface area contributed by atoms with Crippen LogP contribution in [0.3, 0.4) is 0 Å². The SMILES string of the molecule is Nc1ccccc1C(=O)C=Cc1cccc(C(=O)O)c1. The molecule has 0 aliphatic rings. The van der Waals surface area contributed by atoms with Crippen LogP contribution in [0.15, 0.2) is 54.6 Å². The van der Waals surface area contributed by atoms with E-state index in [2.05, 4.69) is 0 Å². The van der Waals surface area contributed by atoms with E-state index in [-0.39, 0.29) is 11.3 Å². The summed E-state index contributed by atoms with van der Waals surface area (Å²) in [6.45, 7) is 0. The molecule has 0 aliphatic carbocycles. The van der Waals surface area contributed by atoms with Gasteiger partial charge in [0.15, 0.2) is 5.78 Å². The molecule has 0 aromatic heterocycles. The number of nitrogen functional groups attached to an aromatic ring is 1. The Hall–Kier alpha value is -2.88. The molecule has 0 amide bonds. The highest BCUT2D eigenvalue weighted by atomic mass is 16.4. The van der Waals surface area contributed by atoms with Crippen LogP contribution in [0.2, 0.25) is 0 Å². The van der Waals surface area contributed by atoms with Crippen LogP contribution < -0.4 is 5.73 Å². The van der Waals surface area contributed by atoms with Crippen LogP contribution in [-0.2, 0) is 0 Å². The van der Waals surface area contributed by atoms with Crippen molar-refractivity contribution in [1.82, 2.24) is 0 Å². The summed E-state index contributed by atoms with van der Waals surface area (Å²) in [4.78, 5) is 22.8. The molecule has 0 fully saturated rings. The van der Waals surface area contributed by atoms with Gasteiger partial charge in [-0.25, -0.2) is 4.79 Å². The van der Waals surface area contributed by atoms with Crippen LogP contribution in [0.4, 0.5) is 5.69 Å². The van der Waals surface area contributed by atoms with Gasteiger partial charge in [0, 0.05) is 11.3 Å². The molecule has 2 aromatic carbocycles. The van der Waals surface area contributed by atoms with Crippen LogP contribution in [0.5, 0.6) is 0 Å². The molecule has 0 spiro atoms. The lowest BCUT2D eigenvalue weighted by Gasteiger charge is -2.00. The normalized spacial score (nSPS) is 10.6. The maximum absolute atomic E-state index is 12.0. The van der Waals surface area contributed by atoms with Gasteiger partial charge in [-0.2, -0.15) is 0 Å². The molecule has 0 heterocycles. The Bertz CT molecular complexity index is 690. The first-order chi connectivity index (χ1) is 9.58. The Kier molecular flexibility index (Phi) is 3.96. The van der Waals surface area contributed by atoms with Crippen molar-refractivity contribution in [3.05, 3.63) is 71.3 Å². The van der Waals surface area contributed by atoms with Crippen LogP contribution >= 0.6 is 0 Å². The first kappa shape index (κ1) is 13.5. The Morgan fingerprint density at radius 3 is 2.50 bits per heavy atom. The Labute approximate surface area is 116 Å². The van der Waals surface area contributed by atoms with Crippen molar-refractivity contribution in [3.8, 4) is 0 Å². The van der Waals surface area contributed by atoms with Gasteiger partial charge in [-0.1, -0.05) is 30.3 Å². The van der Waals surface area contributed by atoms with E-state index in [9.17, 15) is 9.59 Å². The zero-order valence-corrected chi connectivity index (χ0v) is 10.6. The molecule has 2 rings (SSSR count). The lowest BCUT2D eigenvalue weighted by Crippen LogP contribution is -2.00. The highest BCUT2D eigenvalue weighted by Crippen LogP contribution is 2.13. The van der Waals surface area contributed by atoms with Crippen LogP contribution in [0.1, 0.15) is 26.3 Å². The number of benzene rings is 2. The summed E-state index contributed by atoms with van der Waals surface area (Å²) < 4.78 is 0. The molecule has 0 saturated heterocycles. The number of para-hydroxylation sites is 1. The Morgan fingerprint density at radius 1 is 1.05 bits per heavy atom. The molecule has 2 aromatic rings. The minimum absolute atomic E-state index is 0.179. The van der Waals surface area contributed by atoms with Gasteiger partial charge in [-0.05, 0) is 35.9 Å². The highest BCUT2D eigenvalue weighted by Gasteiger charge is 2.05. The summed E-state index contributed by atoms with van der Waals surface area (Å²) in [7, 11) is 0. The Morgan fingerprint density at radius 2 is 1.80 bits per heavy atom. The van der Waals surface area contributed by atoms with Crippen molar-refractivity contribution in [3.63, 3.8) is 0 Å². The lowest BCUT2D eigenvalue weighted by molar-refractivity contribution is 0.0696. The summed E-state index contributed by atoms with van der Waals surface area (Å²) in [6, 6.07) is 13.2. The van der Waals surface area contributed by atoms with Crippen molar-refractivity contribution >= 4 is 23.5 Å². The van der Waals surface area contributed by atoms with E-state index in [0.717, 1.165) is 0 Å². The van der Waals surface area contributed by atoms with Crippen LogP contribution in [0, 0.1) is 0 Å². The van der Waals surface area contributed by atoms with Crippen molar-refractivity contribution in [2.45, 2.75) is 0 Å². The van der Waals surface area contributed by atoms with Crippen LogP contribution in [0.25, 0.3) is 6.08 Å². The van der Waals surface area contributed by atoms with Gasteiger partial charge < -0.3 is 10.8 Å². The summed E-state index contributed by atoms with van der Waals surface area (Å²) >= 11 is 0. The number of allylic oxidation sites excluding steroid dienone is 1. The predicted octanol–water partition coefficient (Wildman–Crippen LogP) is 2.86. The quantitative estimate of drug-likeness (QED) is 0.507. The fourth-order valence-electron chi connectivity index (χ4n) is 1.76. The van der Waals surface area contributed by atoms with Gasteiger partial charge in [0.25, 0.3) is 0 Å².